The van der Waals surface area contributed by atoms with Gasteiger partial charge in [0.25, 0.3) is 11.8 Å². The van der Waals surface area contributed by atoms with Crippen LogP contribution < -0.4 is 11.1 Å². The molecule has 0 radical (unpaired) electrons. The molecule has 5 N–H and O–H groups in total. The first-order chi connectivity index (χ1) is 11.1. The van der Waals surface area contributed by atoms with Crippen LogP contribution >= 0.6 is 0 Å². The van der Waals surface area contributed by atoms with Crippen molar-refractivity contribution in [3.8, 4) is 0 Å². The summed E-state index contributed by atoms with van der Waals surface area (Å²) in [7, 11) is 0. The van der Waals surface area contributed by atoms with Crippen LogP contribution in [0.25, 0.3) is 0 Å². The van der Waals surface area contributed by atoms with Crippen LogP contribution in [0.4, 0.5) is 5.69 Å². The normalized spacial score (nSPS) is 10.9. The summed E-state index contributed by atoms with van der Waals surface area (Å²) >= 11 is 0. The molecule has 2 aromatic heterocycles. The molecule has 0 atom stereocenters. The molecule has 0 bridgehead atoms. The second-order valence-corrected chi connectivity index (χ2v) is 6.02. The van der Waals surface area contributed by atoms with Gasteiger partial charge in [0.05, 0.1) is 11.4 Å². The minimum absolute atomic E-state index is 0.000144. The molecule has 0 unspecified atom stereocenters. The molecule has 0 aliphatic heterocycles. The maximum absolute atomic E-state index is 12.6. The van der Waals surface area contributed by atoms with Crippen LogP contribution in [0.3, 0.4) is 0 Å². The fourth-order valence-corrected chi connectivity index (χ4v) is 2.76. The fourth-order valence-electron chi connectivity index (χ4n) is 2.76. The summed E-state index contributed by atoms with van der Waals surface area (Å²) in [6.45, 7) is 8.66. The number of hydrogen-bond donors (Lipinski definition) is 4. The van der Waals surface area contributed by atoms with Crippen LogP contribution in [-0.2, 0) is 0 Å². The molecule has 128 valence electrons. The van der Waals surface area contributed by atoms with E-state index in [0.29, 0.717) is 22.5 Å². The highest BCUT2D eigenvalue weighted by molar-refractivity contribution is 6.10. The smallest absolute Gasteiger partial charge is 0.272 e. The summed E-state index contributed by atoms with van der Waals surface area (Å²) in [6, 6.07) is 0. The van der Waals surface area contributed by atoms with Gasteiger partial charge in [-0.3, -0.25) is 19.5 Å². The van der Waals surface area contributed by atoms with Gasteiger partial charge in [0, 0.05) is 11.3 Å². The highest BCUT2D eigenvalue weighted by atomic mass is 16.2. The molecule has 0 aliphatic carbocycles. The van der Waals surface area contributed by atoms with Gasteiger partial charge in [-0.05, 0) is 32.3 Å². The molecule has 2 amide bonds. The van der Waals surface area contributed by atoms with Gasteiger partial charge < -0.3 is 16.0 Å². The molecule has 2 rings (SSSR count). The monoisotopic (exact) mass is 331 g/mol. The first-order valence-electron chi connectivity index (χ1n) is 7.54. The van der Waals surface area contributed by atoms with E-state index < -0.39 is 11.8 Å². The summed E-state index contributed by atoms with van der Waals surface area (Å²) in [4.78, 5) is 38.8. The lowest BCUT2D eigenvalue weighted by Crippen LogP contribution is -2.19. The molecule has 8 heteroatoms. The lowest BCUT2D eigenvalue weighted by Gasteiger charge is -2.09. The van der Waals surface area contributed by atoms with Gasteiger partial charge in [0.1, 0.15) is 5.69 Å². The Morgan fingerprint density at radius 1 is 1.21 bits per heavy atom. The molecular weight excluding hydrogens is 310 g/mol. The number of anilines is 1. The first-order valence-corrected chi connectivity index (χ1v) is 7.54. The topological polar surface area (TPSA) is 134 Å². The van der Waals surface area contributed by atoms with Crippen molar-refractivity contribution in [2.24, 2.45) is 5.73 Å². The predicted octanol–water partition coefficient (Wildman–Crippen LogP) is 2.03. The Morgan fingerprint density at radius 3 is 2.29 bits per heavy atom. The van der Waals surface area contributed by atoms with Crippen LogP contribution in [0.1, 0.15) is 75.0 Å². The largest absolute Gasteiger partial charge is 0.364 e. The molecule has 0 saturated carbocycles. The number of primary amides is 1. The summed E-state index contributed by atoms with van der Waals surface area (Å²) in [5.74, 6) is -1.32. The zero-order valence-electron chi connectivity index (χ0n) is 14.3. The van der Waals surface area contributed by atoms with Crippen molar-refractivity contribution in [3.63, 3.8) is 0 Å². The predicted molar refractivity (Wildman–Crippen MR) is 89.4 cm³/mol. The van der Waals surface area contributed by atoms with E-state index in [2.05, 4.69) is 20.5 Å². The number of aromatic nitrogens is 3. The highest BCUT2D eigenvalue weighted by Gasteiger charge is 2.25. The van der Waals surface area contributed by atoms with Crippen LogP contribution in [0.15, 0.2) is 0 Å². The first kappa shape index (κ1) is 17.5. The van der Waals surface area contributed by atoms with Gasteiger partial charge in [-0.25, -0.2) is 0 Å². The number of ketones is 1. The van der Waals surface area contributed by atoms with Crippen molar-refractivity contribution in [2.75, 3.05) is 5.32 Å². The Labute approximate surface area is 139 Å². The average Bonchev–Trinajstić information content (AvgIpc) is 2.99. The Balaban J connectivity index is 2.44. The van der Waals surface area contributed by atoms with Crippen LogP contribution in [0, 0.1) is 13.8 Å². The van der Waals surface area contributed by atoms with Crippen molar-refractivity contribution in [1.82, 2.24) is 15.2 Å². The summed E-state index contributed by atoms with van der Waals surface area (Å²) in [5.41, 5.74) is 8.10. The molecule has 0 saturated heterocycles. The lowest BCUT2D eigenvalue weighted by atomic mass is 10.1. The molecule has 0 spiro atoms. The number of carbonyl (C=O) groups is 3. The average molecular weight is 331 g/mol. The van der Waals surface area contributed by atoms with Gasteiger partial charge in [0.15, 0.2) is 11.5 Å². The van der Waals surface area contributed by atoms with Gasteiger partial charge in [-0.1, -0.05) is 13.8 Å². The highest BCUT2D eigenvalue weighted by Crippen LogP contribution is 2.27. The van der Waals surface area contributed by atoms with Crippen molar-refractivity contribution < 1.29 is 14.4 Å². The summed E-state index contributed by atoms with van der Waals surface area (Å²) in [5, 5.41) is 9.29. The molecule has 2 aromatic rings. The van der Waals surface area contributed by atoms with E-state index in [4.69, 9.17) is 5.73 Å². The minimum Gasteiger partial charge on any atom is -0.364 e. The SMILES string of the molecule is CC(=O)c1c(C)[nH]c(C(=O)Nc2c(C(N)=O)n[nH]c2C(C)C)c1C. The second-order valence-electron chi connectivity index (χ2n) is 6.02. The van der Waals surface area contributed by atoms with Crippen LogP contribution in [0.5, 0.6) is 0 Å². The second kappa shape index (κ2) is 6.31. The van der Waals surface area contributed by atoms with Crippen molar-refractivity contribution in [3.05, 3.63) is 33.9 Å². The van der Waals surface area contributed by atoms with E-state index in [1.807, 2.05) is 13.8 Å². The Kier molecular flexibility index (Phi) is 4.59. The van der Waals surface area contributed by atoms with E-state index in [-0.39, 0.29) is 28.8 Å². The molecule has 8 nitrogen and oxygen atoms in total. The molecule has 0 fully saturated rings. The third-order valence-corrected chi connectivity index (χ3v) is 3.86. The number of Topliss-reactive ketones (excluding diaryl/α,β-unsaturated/α-hetero) is 1. The van der Waals surface area contributed by atoms with Crippen molar-refractivity contribution in [2.45, 2.75) is 40.5 Å². The number of amides is 2. The lowest BCUT2D eigenvalue weighted by molar-refractivity contribution is 0.0992. The van der Waals surface area contributed by atoms with Gasteiger partial charge in [0.2, 0.25) is 0 Å². The molecule has 2 heterocycles. The fraction of sp³-hybridized carbons (Fsp3) is 0.375. The molecule has 24 heavy (non-hydrogen) atoms. The number of nitrogens with two attached hydrogens (primary N) is 1. The number of nitrogens with one attached hydrogen (secondary N) is 3. The van der Waals surface area contributed by atoms with Crippen molar-refractivity contribution in [1.29, 1.82) is 0 Å². The van der Waals surface area contributed by atoms with E-state index in [0.717, 1.165) is 0 Å². The molecule has 0 aliphatic rings. The Hall–Kier alpha value is -2.90. The number of carbonyl (C=O) groups excluding carboxylic acids is 3. The third-order valence-electron chi connectivity index (χ3n) is 3.86. The zero-order valence-corrected chi connectivity index (χ0v) is 14.3. The Bertz CT molecular complexity index is 829. The van der Waals surface area contributed by atoms with E-state index in [9.17, 15) is 14.4 Å². The zero-order chi connectivity index (χ0) is 18.2. The minimum atomic E-state index is -0.739. The number of hydrogen-bond acceptors (Lipinski definition) is 4. The summed E-state index contributed by atoms with van der Waals surface area (Å²) in [6.07, 6.45) is 0. The molecular formula is C16H21N5O3. The number of nitrogens with zero attached hydrogens (tertiary/aromatic N) is 1. The summed E-state index contributed by atoms with van der Waals surface area (Å²) < 4.78 is 0. The van der Waals surface area contributed by atoms with E-state index in [1.165, 1.54) is 6.92 Å². The quantitative estimate of drug-likeness (QED) is 0.624. The third kappa shape index (κ3) is 2.94. The maximum atomic E-state index is 12.6. The van der Waals surface area contributed by atoms with Gasteiger partial charge >= 0.3 is 0 Å². The van der Waals surface area contributed by atoms with Crippen LogP contribution in [-0.4, -0.2) is 32.8 Å². The van der Waals surface area contributed by atoms with Crippen molar-refractivity contribution >= 4 is 23.3 Å². The van der Waals surface area contributed by atoms with E-state index in [1.54, 1.807) is 13.8 Å². The number of H-pyrrole nitrogens is 2. The molecule has 0 aromatic carbocycles. The van der Waals surface area contributed by atoms with E-state index >= 15 is 0 Å². The van der Waals surface area contributed by atoms with Gasteiger partial charge in [-0.2, -0.15) is 5.10 Å². The maximum Gasteiger partial charge on any atom is 0.272 e. The number of aromatic amines is 2. The number of rotatable bonds is 5. The number of aryl methyl sites for hydroxylation is 1. The van der Waals surface area contributed by atoms with Gasteiger partial charge in [-0.15, -0.1) is 0 Å². The standard InChI is InChI=1S/C16H21N5O3/c1-6(2)11-13(14(15(17)23)21-20-11)19-16(24)12-7(3)10(9(5)22)8(4)18-12/h6,18H,1-5H3,(H2,17,23)(H,19,24)(H,20,21). The van der Waals surface area contributed by atoms with Crippen LogP contribution in [0.2, 0.25) is 0 Å². The Morgan fingerprint density at radius 2 is 1.83 bits per heavy atom.